The van der Waals surface area contributed by atoms with Crippen LogP contribution in [0.2, 0.25) is 0 Å². The summed E-state index contributed by atoms with van der Waals surface area (Å²) < 4.78 is 16.0. The van der Waals surface area contributed by atoms with E-state index in [1.54, 1.807) is 43.4 Å². The topological polar surface area (TPSA) is 51.2 Å². The molecule has 0 spiro atoms. The summed E-state index contributed by atoms with van der Waals surface area (Å²) in [6, 6.07) is 14.7. The molecule has 0 unspecified atom stereocenters. The molecule has 0 aliphatic carbocycles. The molecule has 0 saturated carbocycles. The summed E-state index contributed by atoms with van der Waals surface area (Å²) in [6.45, 7) is 2.77. The first-order chi connectivity index (χ1) is 13.0. The maximum absolute atomic E-state index is 12.4. The van der Waals surface area contributed by atoms with Gasteiger partial charge < -0.3 is 24.0 Å². The Labute approximate surface area is 161 Å². The number of hydrogen-bond donors (Lipinski definition) is 0. The highest BCUT2D eigenvalue weighted by molar-refractivity contribution is 5.94. The summed E-state index contributed by atoms with van der Waals surface area (Å²) in [6.07, 6.45) is 0. The molecular weight excluding hydrogens is 344 g/mol. The second-order valence-corrected chi connectivity index (χ2v) is 6.28. The van der Waals surface area contributed by atoms with E-state index < -0.39 is 0 Å². The van der Waals surface area contributed by atoms with Crippen LogP contribution in [0.5, 0.6) is 17.2 Å². The predicted molar refractivity (Wildman–Crippen MR) is 106 cm³/mol. The minimum atomic E-state index is 0.000496. The predicted octanol–water partition coefficient (Wildman–Crippen LogP) is 2.79. The average molecular weight is 372 g/mol. The first-order valence-corrected chi connectivity index (χ1v) is 8.88. The number of carbonyl (C=O) groups excluding carboxylic acids is 1. The molecule has 27 heavy (non-hydrogen) atoms. The number of ether oxygens (including phenoxy) is 3. The van der Waals surface area contributed by atoms with Gasteiger partial charge in [-0.15, -0.1) is 0 Å². The van der Waals surface area contributed by atoms with Crippen LogP contribution in [0.3, 0.4) is 0 Å². The summed E-state index contributed by atoms with van der Waals surface area (Å²) in [5.41, 5.74) is 0.656. The Morgan fingerprint density at radius 3 is 1.85 bits per heavy atom. The fourth-order valence-corrected chi connectivity index (χ4v) is 2.48. The minimum Gasteiger partial charge on any atom is -0.497 e. The molecule has 0 aliphatic heterocycles. The summed E-state index contributed by atoms with van der Waals surface area (Å²) >= 11 is 0. The first kappa shape index (κ1) is 20.6. The zero-order chi connectivity index (χ0) is 19.6. The third kappa shape index (κ3) is 6.49. The van der Waals surface area contributed by atoms with Crippen molar-refractivity contribution in [2.24, 2.45) is 0 Å². The van der Waals surface area contributed by atoms with Crippen LogP contribution < -0.4 is 14.2 Å². The number of amides is 1. The summed E-state index contributed by atoms with van der Waals surface area (Å²) in [7, 11) is 7.08. The van der Waals surface area contributed by atoms with Crippen molar-refractivity contribution in [2.45, 2.75) is 0 Å². The zero-order valence-corrected chi connectivity index (χ0v) is 16.5. The van der Waals surface area contributed by atoms with Gasteiger partial charge in [0.25, 0.3) is 5.91 Å². The van der Waals surface area contributed by atoms with Crippen LogP contribution >= 0.6 is 0 Å². The fraction of sp³-hybridized carbons (Fsp3) is 0.381. The van der Waals surface area contributed by atoms with Gasteiger partial charge >= 0.3 is 0 Å². The van der Waals surface area contributed by atoms with Crippen molar-refractivity contribution in [1.82, 2.24) is 9.80 Å². The van der Waals surface area contributed by atoms with Crippen LogP contribution in [0.15, 0.2) is 48.5 Å². The smallest absolute Gasteiger partial charge is 0.253 e. The quantitative estimate of drug-likeness (QED) is 0.642. The fourth-order valence-electron chi connectivity index (χ4n) is 2.48. The molecule has 0 saturated heterocycles. The van der Waals surface area contributed by atoms with Crippen LogP contribution in [0.25, 0.3) is 0 Å². The first-order valence-electron chi connectivity index (χ1n) is 8.88. The Kier molecular flexibility index (Phi) is 7.95. The van der Waals surface area contributed by atoms with E-state index in [4.69, 9.17) is 14.2 Å². The van der Waals surface area contributed by atoms with Crippen molar-refractivity contribution < 1.29 is 19.0 Å². The lowest BCUT2D eigenvalue weighted by Gasteiger charge is -2.22. The lowest BCUT2D eigenvalue weighted by atomic mass is 10.2. The second kappa shape index (κ2) is 10.4. The SMILES string of the molecule is COc1ccc(OCCN(C)CCN(C)C(=O)c2ccc(OC)cc2)cc1. The molecule has 2 aromatic rings. The molecule has 0 bridgehead atoms. The highest BCUT2D eigenvalue weighted by Crippen LogP contribution is 2.17. The molecule has 0 N–H and O–H groups in total. The Balaban J connectivity index is 1.70. The molecule has 0 radical (unpaired) electrons. The molecule has 6 nitrogen and oxygen atoms in total. The zero-order valence-electron chi connectivity index (χ0n) is 16.5. The molecule has 0 fully saturated rings. The maximum Gasteiger partial charge on any atom is 0.253 e. The van der Waals surface area contributed by atoms with Crippen LogP contribution in [0.1, 0.15) is 10.4 Å². The Bertz CT molecular complexity index is 701. The molecule has 2 aromatic carbocycles. The molecule has 0 aromatic heterocycles. The van der Waals surface area contributed by atoms with Gasteiger partial charge in [0.1, 0.15) is 23.9 Å². The van der Waals surface area contributed by atoms with E-state index >= 15 is 0 Å². The normalized spacial score (nSPS) is 10.6. The summed E-state index contributed by atoms with van der Waals surface area (Å²) in [4.78, 5) is 16.3. The summed E-state index contributed by atoms with van der Waals surface area (Å²) in [5, 5.41) is 0. The number of hydrogen-bond acceptors (Lipinski definition) is 5. The average Bonchev–Trinajstić information content (AvgIpc) is 2.72. The molecule has 2 rings (SSSR count). The van der Waals surface area contributed by atoms with Gasteiger partial charge in [-0.25, -0.2) is 0 Å². The van der Waals surface area contributed by atoms with E-state index in [-0.39, 0.29) is 5.91 Å². The van der Waals surface area contributed by atoms with Crippen molar-refractivity contribution in [3.05, 3.63) is 54.1 Å². The van der Waals surface area contributed by atoms with Gasteiger partial charge in [-0.1, -0.05) is 0 Å². The molecule has 1 amide bonds. The highest BCUT2D eigenvalue weighted by atomic mass is 16.5. The third-order valence-corrected chi connectivity index (χ3v) is 4.30. The van der Waals surface area contributed by atoms with Gasteiger partial charge in [0, 0.05) is 32.2 Å². The lowest BCUT2D eigenvalue weighted by Crippen LogP contribution is -2.36. The van der Waals surface area contributed by atoms with Gasteiger partial charge in [-0.3, -0.25) is 4.79 Å². The number of methoxy groups -OCH3 is 2. The van der Waals surface area contributed by atoms with E-state index in [2.05, 4.69) is 4.90 Å². The molecule has 0 heterocycles. The van der Waals surface area contributed by atoms with Gasteiger partial charge in [-0.2, -0.15) is 0 Å². The van der Waals surface area contributed by atoms with Gasteiger partial charge in [-0.05, 0) is 55.6 Å². The van der Waals surface area contributed by atoms with Crippen LogP contribution in [-0.2, 0) is 0 Å². The van der Waals surface area contributed by atoms with E-state index in [1.165, 1.54) is 0 Å². The van der Waals surface area contributed by atoms with Gasteiger partial charge in [0.05, 0.1) is 14.2 Å². The van der Waals surface area contributed by atoms with E-state index in [9.17, 15) is 4.79 Å². The largest absolute Gasteiger partial charge is 0.497 e. The Morgan fingerprint density at radius 2 is 1.30 bits per heavy atom. The van der Waals surface area contributed by atoms with E-state index in [0.717, 1.165) is 30.3 Å². The standard InChI is InChI=1S/C21H28N2O4/c1-22(15-16-27-20-11-9-19(26-4)10-12-20)13-14-23(2)21(24)17-5-7-18(25-3)8-6-17/h5-12H,13-16H2,1-4H3. The number of likely N-dealkylation sites (N-methyl/N-ethyl adjacent to an activating group) is 2. The molecular formula is C21H28N2O4. The van der Waals surface area contributed by atoms with Crippen LogP contribution in [0.4, 0.5) is 0 Å². The van der Waals surface area contributed by atoms with Crippen LogP contribution in [-0.4, -0.2) is 70.3 Å². The van der Waals surface area contributed by atoms with Crippen molar-refractivity contribution in [2.75, 3.05) is 54.6 Å². The van der Waals surface area contributed by atoms with Gasteiger partial charge in [0.15, 0.2) is 0 Å². The van der Waals surface area contributed by atoms with Crippen molar-refractivity contribution in [3.8, 4) is 17.2 Å². The third-order valence-electron chi connectivity index (χ3n) is 4.30. The van der Waals surface area contributed by atoms with Crippen molar-refractivity contribution in [1.29, 1.82) is 0 Å². The molecule has 0 atom stereocenters. The van der Waals surface area contributed by atoms with Gasteiger partial charge in [0.2, 0.25) is 0 Å². The van der Waals surface area contributed by atoms with E-state index in [0.29, 0.717) is 18.7 Å². The lowest BCUT2D eigenvalue weighted by molar-refractivity contribution is 0.0780. The Morgan fingerprint density at radius 1 is 0.778 bits per heavy atom. The summed E-state index contributed by atoms with van der Waals surface area (Å²) in [5.74, 6) is 2.37. The Hall–Kier alpha value is -2.73. The molecule has 0 aliphatic rings. The van der Waals surface area contributed by atoms with Crippen molar-refractivity contribution >= 4 is 5.91 Å². The maximum atomic E-state index is 12.4. The monoisotopic (exact) mass is 372 g/mol. The van der Waals surface area contributed by atoms with Crippen LogP contribution in [0, 0.1) is 0 Å². The highest BCUT2D eigenvalue weighted by Gasteiger charge is 2.12. The molecule has 146 valence electrons. The molecule has 6 heteroatoms. The van der Waals surface area contributed by atoms with E-state index in [1.807, 2.05) is 38.4 Å². The number of benzene rings is 2. The number of carbonyl (C=O) groups is 1. The van der Waals surface area contributed by atoms with Crippen molar-refractivity contribution in [3.63, 3.8) is 0 Å². The second-order valence-electron chi connectivity index (χ2n) is 6.28. The minimum absolute atomic E-state index is 0.000496. The number of nitrogens with zero attached hydrogens (tertiary/aromatic N) is 2. The number of rotatable bonds is 10.